The van der Waals surface area contributed by atoms with Crippen molar-refractivity contribution >= 4 is 46.0 Å². The van der Waals surface area contributed by atoms with Crippen LogP contribution in [0.25, 0.3) is 0 Å². The molecule has 0 fully saturated rings. The molecule has 0 aliphatic carbocycles. The molecular formula is C8H5ClINO2. The summed E-state index contributed by atoms with van der Waals surface area (Å²) in [7, 11) is 0. The number of halogens is 2. The molecule has 3 nitrogen and oxygen atoms in total. The first-order chi connectivity index (χ1) is 6.16. The molecule has 1 N–H and O–H groups in total. The lowest BCUT2D eigenvalue weighted by molar-refractivity contribution is 0.151. The van der Waals surface area contributed by atoms with E-state index in [9.17, 15) is 4.79 Å². The molecule has 0 saturated heterocycles. The minimum absolute atomic E-state index is 0.314. The summed E-state index contributed by atoms with van der Waals surface area (Å²) in [6, 6.07) is 3.64. The molecule has 13 heavy (non-hydrogen) atoms. The predicted molar refractivity (Wildman–Crippen MR) is 58.0 cm³/mol. The lowest BCUT2D eigenvalue weighted by Gasteiger charge is -2.17. The Morgan fingerprint density at radius 1 is 1.54 bits per heavy atom. The largest absolute Gasteiger partial charge is 0.444 e. The van der Waals surface area contributed by atoms with Crippen LogP contribution >= 0.6 is 34.2 Å². The maximum atomic E-state index is 10.8. The molecule has 1 heterocycles. The summed E-state index contributed by atoms with van der Waals surface area (Å²) in [6.07, 6.45) is -0.426. The normalized spacial score (nSPS) is 14.5. The fraction of sp³-hybridized carbons (Fsp3) is 0.125. The van der Waals surface area contributed by atoms with Gasteiger partial charge < -0.3 is 4.74 Å². The first-order valence-corrected chi connectivity index (χ1v) is 5.04. The number of benzene rings is 1. The number of nitrogens with one attached hydrogen (secondary N) is 1. The summed E-state index contributed by atoms with van der Waals surface area (Å²) in [5, 5.41) is 3.22. The van der Waals surface area contributed by atoms with Gasteiger partial charge in [0, 0.05) is 9.13 Å². The van der Waals surface area contributed by atoms with Crippen molar-refractivity contribution in [3.63, 3.8) is 0 Å². The molecule has 1 aromatic carbocycles. The lowest BCUT2D eigenvalue weighted by atomic mass is 10.2. The number of ether oxygens (including phenoxy) is 1. The molecule has 0 bridgehead atoms. The number of rotatable bonds is 0. The van der Waals surface area contributed by atoms with Gasteiger partial charge in [-0.3, -0.25) is 5.32 Å². The molecule has 2 rings (SSSR count). The van der Waals surface area contributed by atoms with E-state index < -0.39 is 6.09 Å². The van der Waals surface area contributed by atoms with Crippen molar-refractivity contribution in [2.75, 3.05) is 5.32 Å². The van der Waals surface area contributed by atoms with Crippen molar-refractivity contribution in [2.24, 2.45) is 0 Å². The number of carbonyl (C=O) groups excluding carboxylic acids is 1. The first-order valence-electron chi connectivity index (χ1n) is 3.58. The second-order valence-corrected chi connectivity index (χ2v) is 4.19. The van der Waals surface area contributed by atoms with E-state index in [1.165, 1.54) is 0 Å². The van der Waals surface area contributed by atoms with Crippen LogP contribution in [0.1, 0.15) is 5.56 Å². The maximum Gasteiger partial charge on any atom is 0.411 e. The number of cyclic esters (lactones) is 1. The predicted octanol–water partition coefficient (Wildman–Crippen LogP) is 3.01. The molecular weight excluding hydrogens is 304 g/mol. The zero-order chi connectivity index (χ0) is 9.42. The summed E-state index contributed by atoms with van der Waals surface area (Å²) in [6.45, 7) is 0.314. The molecule has 0 aromatic heterocycles. The molecule has 0 radical (unpaired) electrons. The summed E-state index contributed by atoms with van der Waals surface area (Å²) in [5.41, 5.74) is 1.69. The molecule has 0 spiro atoms. The Kier molecular flexibility index (Phi) is 2.33. The standard InChI is InChI=1S/C8H5ClINO2/c9-5-2-7-4(1-6(5)10)3-13-8(12)11-7/h1-2H,3H2,(H,11,12). The average molecular weight is 309 g/mol. The minimum atomic E-state index is -0.426. The third kappa shape index (κ3) is 1.73. The average Bonchev–Trinajstić information content (AvgIpc) is 2.08. The van der Waals surface area contributed by atoms with Crippen LogP contribution in [0.2, 0.25) is 5.02 Å². The van der Waals surface area contributed by atoms with Gasteiger partial charge in [-0.15, -0.1) is 0 Å². The van der Waals surface area contributed by atoms with Gasteiger partial charge in [0.05, 0.1) is 10.7 Å². The number of hydrogen-bond acceptors (Lipinski definition) is 2. The van der Waals surface area contributed by atoms with Crippen LogP contribution in [0.4, 0.5) is 10.5 Å². The summed E-state index contributed by atoms with van der Waals surface area (Å²) in [5.74, 6) is 0. The van der Waals surface area contributed by atoms with Gasteiger partial charge in [-0.25, -0.2) is 4.79 Å². The van der Waals surface area contributed by atoms with Crippen LogP contribution in [0, 0.1) is 3.57 Å². The van der Waals surface area contributed by atoms with E-state index >= 15 is 0 Å². The summed E-state index contributed by atoms with van der Waals surface area (Å²) in [4.78, 5) is 10.8. The topological polar surface area (TPSA) is 38.3 Å². The van der Waals surface area contributed by atoms with Crippen molar-refractivity contribution in [2.45, 2.75) is 6.61 Å². The summed E-state index contributed by atoms with van der Waals surface area (Å²) >= 11 is 8.03. The third-order valence-electron chi connectivity index (χ3n) is 1.74. The number of anilines is 1. The van der Waals surface area contributed by atoms with Gasteiger partial charge in [-0.05, 0) is 34.7 Å². The maximum absolute atomic E-state index is 10.8. The van der Waals surface area contributed by atoms with Crippen molar-refractivity contribution in [3.05, 3.63) is 26.3 Å². The zero-order valence-electron chi connectivity index (χ0n) is 6.43. The molecule has 0 atom stereocenters. The fourth-order valence-corrected chi connectivity index (χ4v) is 1.81. The second kappa shape index (κ2) is 3.34. The second-order valence-electron chi connectivity index (χ2n) is 2.62. The van der Waals surface area contributed by atoms with Crippen LogP contribution in [0.3, 0.4) is 0 Å². The van der Waals surface area contributed by atoms with Crippen LogP contribution in [0.5, 0.6) is 0 Å². The smallest absolute Gasteiger partial charge is 0.411 e. The SMILES string of the molecule is O=C1Nc2cc(Cl)c(I)cc2CO1. The zero-order valence-corrected chi connectivity index (χ0v) is 9.35. The minimum Gasteiger partial charge on any atom is -0.444 e. The lowest BCUT2D eigenvalue weighted by Crippen LogP contribution is -2.20. The van der Waals surface area contributed by atoms with Gasteiger partial charge in [0.15, 0.2) is 0 Å². The highest BCUT2D eigenvalue weighted by molar-refractivity contribution is 14.1. The van der Waals surface area contributed by atoms with Gasteiger partial charge in [-0.2, -0.15) is 0 Å². The van der Waals surface area contributed by atoms with Gasteiger partial charge in [0.1, 0.15) is 6.61 Å². The molecule has 1 aliphatic rings. The van der Waals surface area contributed by atoms with Gasteiger partial charge >= 0.3 is 6.09 Å². The van der Waals surface area contributed by atoms with Crippen molar-refractivity contribution in [1.29, 1.82) is 0 Å². The molecule has 1 aliphatic heterocycles. The monoisotopic (exact) mass is 309 g/mol. The third-order valence-corrected chi connectivity index (χ3v) is 3.27. The Balaban J connectivity index is 2.49. The Labute approximate surface area is 93.5 Å². The number of fused-ring (bicyclic) bond motifs is 1. The van der Waals surface area contributed by atoms with E-state index in [2.05, 4.69) is 27.9 Å². The molecule has 1 amide bonds. The van der Waals surface area contributed by atoms with E-state index in [4.69, 9.17) is 16.3 Å². The van der Waals surface area contributed by atoms with Gasteiger partial charge in [0.25, 0.3) is 0 Å². The van der Waals surface area contributed by atoms with Crippen LogP contribution in [-0.4, -0.2) is 6.09 Å². The molecule has 0 unspecified atom stereocenters. The fourth-order valence-electron chi connectivity index (χ4n) is 1.11. The molecule has 68 valence electrons. The Bertz CT molecular complexity index is 381. The number of carbonyl (C=O) groups is 1. The van der Waals surface area contributed by atoms with E-state index in [0.717, 1.165) is 14.8 Å². The van der Waals surface area contributed by atoms with Crippen molar-refractivity contribution in [3.8, 4) is 0 Å². The quantitative estimate of drug-likeness (QED) is 0.748. The van der Waals surface area contributed by atoms with E-state index in [0.29, 0.717) is 11.6 Å². The van der Waals surface area contributed by atoms with Crippen LogP contribution in [0.15, 0.2) is 12.1 Å². The van der Waals surface area contributed by atoms with Crippen molar-refractivity contribution in [1.82, 2.24) is 0 Å². The Morgan fingerprint density at radius 3 is 3.08 bits per heavy atom. The van der Waals surface area contributed by atoms with Crippen LogP contribution in [-0.2, 0) is 11.3 Å². The van der Waals surface area contributed by atoms with Crippen LogP contribution < -0.4 is 5.32 Å². The molecule has 0 saturated carbocycles. The highest BCUT2D eigenvalue weighted by Crippen LogP contribution is 2.29. The molecule has 1 aromatic rings. The van der Waals surface area contributed by atoms with Crippen molar-refractivity contribution < 1.29 is 9.53 Å². The Hall–Kier alpha value is -0.490. The van der Waals surface area contributed by atoms with Gasteiger partial charge in [0.2, 0.25) is 0 Å². The Morgan fingerprint density at radius 2 is 2.31 bits per heavy atom. The van der Waals surface area contributed by atoms with E-state index in [1.54, 1.807) is 6.07 Å². The summed E-state index contributed by atoms with van der Waals surface area (Å²) < 4.78 is 5.76. The van der Waals surface area contributed by atoms with E-state index in [1.807, 2.05) is 6.07 Å². The molecule has 5 heteroatoms. The highest BCUT2D eigenvalue weighted by Gasteiger charge is 2.16. The first kappa shape index (κ1) is 9.08. The number of amides is 1. The van der Waals surface area contributed by atoms with E-state index in [-0.39, 0.29) is 0 Å². The highest BCUT2D eigenvalue weighted by atomic mass is 127. The number of hydrogen-bond donors (Lipinski definition) is 1. The van der Waals surface area contributed by atoms with Gasteiger partial charge in [-0.1, -0.05) is 11.6 Å².